The summed E-state index contributed by atoms with van der Waals surface area (Å²) in [6.45, 7) is 0.311. The lowest BCUT2D eigenvalue weighted by Gasteiger charge is -2.12. The minimum atomic E-state index is 0.242. The van der Waals surface area contributed by atoms with E-state index >= 15 is 0 Å². The van der Waals surface area contributed by atoms with Crippen LogP contribution in [0.3, 0.4) is 0 Å². The first-order chi connectivity index (χ1) is 11.9. The molecule has 0 N–H and O–H groups in total. The molecule has 0 spiro atoms. The van der Waals surface area contributed by atoms with Crippen LogP contribution < -0.4 is 9.47 Å². The minimum Gasteiger partial charge on any atom is -0.454 e. The monoisotopic (exact) mass is 312 g/mol. The van der Waals surface area contributed by atoms with Gasteiger partial charge in [-0.15, -0.1) is 0 Å². The molecule has 5 rings (SSSR count). The van der Waals surface area contributed by atoms with Crippen molar-refractivity contribution in [1.82, 2.24) is 0 Å². The highest BCUT2D eigenvalue weighted by Crippen LogP contribution is 2.44. The maximum Gasteiger partial charge on any atom is 0.231 e. The Morgan fingerprint density at radius 1 is 0.750 bits per heavy atom. The Bertz CT molecular complexity index is 941. The molecule has 2 nitrogen and oxygen atoms in total. The molecule has 0 radical (unpaired) electrons. The molecule has 116 valence electrons. The lowest BCUT2D eigenvalue weighted by molar-refractivity contribution is 0.174. The van der Waals surface area contributed by atoms with Crippen LogP contribution in [0.25, 0.3) is 5.57 Å². The number of rotatable bonds is 2. The fourth-order valence-electron chi connectivity index (χ4n) is 3.61. The van der Waals surface area contributed by atoms with Gasteiger partial charge in [0.2, 0.25) is 6.79 Å². The van der Waals surface area contributed by atoms with Crippen LogP contribution in [0, 0.1) is 0 Å². The second-order valence-electron chi connectivity index (χ2n) is 6.12. The number of allylic oxidation sites excluding steroid dienone is 1. The predicted octanol–water partition coefficient (Wildman–Crippen LogP) is 4.99. The normalized spacial score (nSPS) is 17.5. The first-order valence-corrected chi connectivity index (χ1v) is 8.16. The Morgan fingerprint density at radius 3 is 2.46 bits per heavy atom. The van der Waals surface area contributed by atoms with E-state index in [9.17, 15) is 0 Å². The zero-order valence-electron chi connectivity index (χ0n) is 13.1. The predicted molar refractivity (Wildman–Crippen MR) is 94.4 cm³/mol. The molecule has 2 aliphatic rings. The fraction of sp³-hybridized carbons (Fsp3) is 0.0909. The van der Waals surface area contributed by atoms with Crippen LogP contribution in [0.1, 0.15) is 28.2 Å². The van der Waals surface area contributed by atoms with Gasteiger partial charge in [0, 0.05) is 5.92 Å². The summed E-state index contributed by atoms with van der Waals surface area (Å²) in [5, 5.41) is 0. The van der Waals surface area contributed by atoms with Crippen LogP contribution >= 0.6 is 0 Å². The van der Waals surface area contributed by atoms with E-state index in [-0.39, 0.29) is 5.92 Å². The van der Waals surface area contributed by atoms with E-state index in [2.05, 4.69) is 72.8 Å². The summed E-state index contributed by atoms with van der Waals surface area (Å²) in [5.41, 5.74) is 6.45. The Morgan fingerprint density at radius 2 is 1.54 bits per heavy atom. The largest absolute Gasteiger partial charge is 0.454 e. The van der Waals surface area contributed by atoms with Crippen molar-refractivity contribution in [2.75, 3.05) is 6.79 Å². The molecule has 3 aromatic carbocycles. The summed E-state index contributed by atoms with van der Waals surface area (Å²) in [4.78, 5) is 0. The van der Waals surface area contributed by atoms with Crippen molar-refractivity contribution in [3.8, 4) is 11.5 Å². The number of benzene rings is 3. The third-order valence-electron chi connectivity index (χ3n) is 4.76. The number of ether oxygens (including phenoxy) is 2. The highest BCUT2D eigenvalue weighted by molar-refractivity contribution is 5.86. The molecule has 0 saturated carbocycles. The van der Waals surface area contributed by atoms with E-state index in [1.54, 1.807) is 0 Å². The summed E-state index contributed by atoms with van der Waals surface area (Å²) in [6.07, 6.45) is 2.36. The Labute approximate surface area is 141 Å². The Kier molecular flexibility index (Phi) is 2.95. The SMILES string of the molecule is C1=C(c2ccccc2)c2ccccc2C1c1ccc2c(c1)OCO2. The van der Waals surface area contributed by atoms with Gasteiger partial charge in [-0.1, -0.05) is 66.7 Å². The van der Waals surface area contributed by atoms with Gasteiger partial charge in [-0.25, -0.2) is 0 Å². The zero-order chi connectivity index (χ0) is 15.9. The lowest BCUT2D eigenvalue weighted by atomic mass is 9.93. The van der Waals surface area contributed by atoms with Crippen molar-refractivity contribution in [3.63, 3.8) is 0 Å². The van der Waals surface area contributed by atoms with Gasteiger partial charge in [-0.05, 0) is 40.0 Å². The van der Waals surface area contributed by atoms with E-state index in [1.807, 2.05) is 6.07 Å². The zero-order valence-corrected chi connectivity index (χ0v) is 13.1. The topological polar surface area (TPSA) is 18.5 Å². The van der Waals surface area contributed by atoms with E-state index in [0.29, 0.717) is 6.79 Å². The van der Waals surface area contributed by atoms with Crippen LogP contribution in [-0.2, 0) is 0 Å². The molecule has 0 saturated heterocycles. The molecule has 0 bridgehead atoms. The third kappa shape index (κ3) is 2.04. The van der Waals surface area contributed by atoms with Crippen LogP contribution in [-0.4, -0.2) is 6.79 Å². The van der Waals surface area contributed by atoms with Gasteiger partial charge in [0.25, 0.3) is 0 Å². The maximum atomic E-state index is 5.56. The summed E-state index contributed by atoms with van der Waals surface area (Å²) in [6, 6.07) is 25.5. The van der Waals surface area contributed by atoms with Crippen LogP contribution in [0.2, 0.25) is 0 Å². The molecule has 0 aromatic heterocycles. The highest BCUT2D eigenvalue weighted by Gasteiger charge is 2.26. The van der Waals surface area contributed by atoms with Gasteiger partial charge >= 0.3 is 0 Å². The Hall–Kier alpha value is -3.00. The van der Waals surface area contributed by atoms with Crippen LogP contribution in [0.15, 0.2) is 78.9 Å². The second kappa shape index (κ2) is 5.27. The van der Waals surface area contributed by atoms with Crippen molar-refractivity contribution in [2.45, 2.75) is 5.92 Å². The highest BCUT2D eigenvalue weighted by atomic mass is 16.7. The van der Waals surface area contributed by atoms with Gasteiger partial charge < -0.3 is 9.47 Å². The smallest absolute Gasteiger partial charge is 0.231 e. The molecule has 1 atom stereocenters. The van der Waals surface area contributed by atoms with Crippen molar-refractivity contribution >= 4 is 5.57 Å². The molecule has 24 heavy (non-hydrogen) atoms. The van der Waals surface area contributed by atoms with Crippen molar-refractivity contribution in [3.05, 3.63) is 101 Å². The first-order valence-electron chi connectivity index (χ1n) is 8.16. The van der Waals surface area contributed by atoms with Crippen molar-refractivity contribution in [1.29, 1.82) is 0 Å². The standard InChI is InChI=1S/C22H16O2/c1-2-6-15(7-3-1)19-13-20(18-9-5-4-8-17(18)19)16-10-11-21-22(12-16)24-14-23-21/h1-13,20H,14H2. The maximum absolute atomic E-state index is 5.56. The van der Waals surface area contributed by atoms with E-state index < -0.39 is 0 Å². The lowest BCUT2D eigenvalue weighted by Crippen LogP contribution is -1.95. The van der Waals surface area contributed by atoms with Gasteiger partial charge in [0.15, 0.2) is 11.5 Å². The molecule has 3 aromatic rings. The van der Waals surface area contributed by atoms with Crippen molar-refractivity contribution < 1.29 is 9.47 Å². The molecule has 1 heterocycles. The van der Waals surface area contributed by atoms with E-state index in [4.69, 9.17) is 9.47 Å². The third-order valence-corrected chi connectivity index (χ3v) is 4.76. The summed E-state index contributed by atoms with van der Waals surface area (Å²) >= 11 is 0. The molecule has 1 aliphatic heterocycles. The molecular weight excluding hydrogens is 296 g/mol. The van der Waals surface area contributed by atoms with E-state index in [1.165, 1.54) is 27.8 Å². The molecule has 1 unspecified atom stereocenters. The Balaban J connectivity index is 1.65. The second-order valence-corrected chi connectivity index (χ2v) is 6.12. The average Bonchev–Trinajstić information content (AvgIpc) is 3.26. The molecular formula is C22H16O2. The van der Waals surface area contributed by atoms with Gasteiger partial charge in [-0.3, -0.25) is 0 Å². The molecule has 0 amide bonds. The number of hydrogen-bond donors (Lipinski definition) is 0. The molecule has 2 heteroatoms. The fourth-order valence-corrected chi connectivity index (χ4v) is 3.61. The quantitative estimate of drug-likeness (QED) is 0.663. The van der Waals surface area contributed by atoms with Gasteiger partial charge in [0.1, 0.15) is 0 Å². The first kappa shape index (κ1) is 13.4. The van der Waals surface area contributed by atoms with Crippen LogP contribution in [0.4, 0.5) is 0 Å². The minimum absolute atomic E-state index is 0.242. The van der Waals surface area contributed by atoms with Crippen LogP contribution in [0.5, 0.6) is 11.5 Å². The van der Waals surface area contributed by atoms with Gasteiger partial charge in [0.05, 0.1) is 0 Å². The molecule has 1 aliphatic carbocycles. The van der Waals surface area contributed by atoms with Crippen molar-refractivity contribution in [2.24, 2.45) is 0 Å². The summed E-state index contributed by atoms with van der Waals surface area (Å²) in [5.74, 6) is 1.91. The van der Waals surface area contributed by atoms with E-state index in [0.717, 1.165) is 11.5 Å². The number of fused-ring (bicyclic) bond motifs is 2. The summed E-state index contributed by atoms with van der Waals surface area (Å²) in [7, 11) is 0. The molecule has 0 fully saturated rings. The number of hydrogen-bond acceptors (Lipinski definition) is 2. The average molecular weight is 312 g/mol. The van der Waals surface area contributed by atoms with Gasteiger partial charge in [-0.2, -0.15) is 0 Å². The summed E-state index contributed by atoms with van der Waals surface area (Å²) < 4.78 is 11.0.